The van der Waals surface area contributed by atoms with Crippen molar-refractivity contribution in [3.8, 4) is 5.75 Å². The van der Waals surface area contributed by atoms with Gasteiger partial charge in [-0.1, -0.05) is 17.7 Å². The zero-order valence-electron chi connectivity index (χ0n) is 12.7. The molecule has 2 aromatic carbocycles. The molecular weight excluding hydrogens is 317 g/mol. The SMILES string of the molecule is COc1cc(Cl)ccc1CC(=O)c1c[nH]c2c(C)cc(F)cc12. The molecule has 3 nitrogen and oxygen atoms in total. The summed E-state index contributed by atoms with van der Waals surface area (Å²) in [4.78, 5) is 15.7. The van der Waals surface area contributed by atoms with Crippen molar-refractivity contribution >= 4 is 28.3 Å². The summed E-state index contributed by atoms with van der Waals surface area (Å²) in [5, 5.41) is 1.14. The highest BCUT2D eigenvalue weighted by molar-refractivity contribution is 6.30. The normalized spacial score (nSPS) is 11.0. The molecule has 1 aromatic heterocycles. The van der Waals surface area contributed by atoms with Crippen molar-refractivity contribution in [3.63, 3.8) is 0 Å². The first-order valence-corrected chi connectivity index (χ1v) is 7.50. The topological polar surface area (TPSA) is 42.1 Å². The number of rotatable bonds is 4. The lowest BCUT2D eigenvalue weighted by Gasteiger charge is -2.08. The van der Waals surface area contributed by atoms with Gasteiger partial charge in [-0.25, -0.2) is 4.39 Å². The van der Waals surface area contributed by atoms with Gasteiger partial charge in [0.25, 0.3) is 0 Å². The van der Waals surface area contributed by atoms with E-state index in [-0.39, 0.29) is 18.0 Å². The Kier molecular flexibility index (Phi) is 4.09. The quantitative estimate of drug-likeness (QED) is 0.704. The molecule has 5 heteroatoms. The average molecular weight is 332 g/mol. The first kappa shape index (κ1) is 15.6. The van der Waals surface area contributed by atoms with Gasteiger partial charge < -0.3 is 9.72 Å². The fourth-order valence-corrected chi connectivity index (χ4v) is 2.89. The van der Waals surface area contributed by atoms with Crippen molar-refractivity contribution in [1.29, 1.82) is 0 Å². The first-order chi connectivity index (χ1) is 11.0. The first-order valence-electron chi connectivity index (χ1n) is 7.12. The van der Waals surface area contributed by atoms with Crippen LogP contribution < -0.4 is 4.74 Å². The molecule has 1 N–H and O–H groups in total. The maximum Gasteiger partial charge on any atom is 0.169 e. The van der Waals surface area contributed by atoms with Crippen LogP contribution in [-0.4, -0.2) is 17.9 Å². The number of ether oxygens (including phenoxy) is 1. The van der Waals surface area contributed by atoms with E-state index in [1.54, 1.807) is 31.3 Å². The number of hydrogen-bond acceptors (Lipinski definition) is 2. The maximum absolute atomic E-state index is 13.6. The number of H-pyrrole nitrogens is 1. The number of Topliss-reactive ketones (excluding diaryl/α,β-unsaturated/α-hetero) is 1. The third-order valence-corrected chi connectivity index (χ3v) is 4.09. The molecule has 23 heavy (non-hydrogen) atoms. The fraction of sp³-hybridized carbons (Fsp3) is 0.167. The van der Waals surface area contributed by atoms with Crippen LogP contribution >= 0.6 is 11.6 Å². The molecule has 0 saturated heterocycles. The summed E-state index contributed by atoms with van der Waals surface area (Å²) in [6.45, 7) is 1.80. The number of hydrogen-bond donors (Lipinski definition) is 1. The Bertz CT molecular complexity index is 901. The minimum absolute atomic E-state index is 0.109. The van der Waals surface area contributed by atoms with Gasteiger partial charge in [-0.2, -0.15) is 0 Å². The van der Waals surface area contributed by atoms with Gasteiger partial charge in [-0.3, -0.25) is 4.79 Å². The highest BCUT2D eigenvalue weighted by Crippen LogP contribution is 2.27. The Hall–Kier alpha value is -2.33. The molecule has 0 aliphatic rings. The molecule has 3 rings (SSSR count). The van der Waals surface area contributed by atoms with Crippen molar-refractivity contribution in [2.24, 2.45) is 0 Å². The number of ketones is 1. The Morgan fingerprint density at radius 1 is 1.30 bits per heavy atom. The molecule has 3 aromatic rings. The molecule has 0 aliphatic heterocycles. The minimum Gasteiger partial charge on any atom is -0.496 e. The summed E-state index contributed by atoms with van der Waals surface area (Å²) in [7, 11) is 1.53. The number of aromatic amines is 1. The smallest absolute Gasteiger partial charge is 0.169 e. The number of fused-ring (bicyclic) bond motifs is 1. The molecule has 0 spiro atoms. The lowest BCUT2D eigenvalue weighted by Crippen LogP contribution is -2.04. The molecule has 0 fully saturated rings. The Balaban J connectivity index is 1.99. The van der Waals surface area contributed by atoms with E-state index in [4.69, 9.17) is 16.3 Å². The average Bonchev–Trinajstić information content (AvgIpc) is 2.93. The Labute approximate surface area is 138 Å². The van der Waals surface area contributed by atoms with Crippen LogP contribution in [0.25, 0.3) is 10.9 Å². The molecule has 1 heterocycles. The second-order valence-electron chi connectivity index (χ2n) is 5.40. The van der Waals surface area contributed by atoms with Crippen LogP contribution in [0.5, 0.6) is 5.75 Å². The van der Waals surface area contributed by atoms with Gasteiger partial charge in [0.05, 0.1) is 7.11 Å². The molecule has 0 saturated carbocycles. The predicted octanol–water partition coefficient (Wildman–Crippen LogP) is 4.70. The van der Waals surface area contributed by atoms with Crippen molar-refractivity contribution in [3.05, 3.63) is 64.1 Å². The number of carbonyl (C=O) groups excluding carboxylic acids is 1. The number of aromatic nitrogens is 1. The number of aryl methyl sites for hydroxylation is 1. The van der Waals surface area contributed by atoms with Crippen LogP contribution in [0.2, 0.25) is 5.02 Å². The van der Waals surface area contributed by atoms with Crippen LogP contribution in [0.1, 0.15) is 21.5 Å². The van der Waals surface area contributed by atoms with Crippen LogP contribution in [0.4, 0.5) is 4.39 Å². The third-order valence-electron chi connectivity index (χ3n) is 3.85. The van der Waals surface area contributed by atoms with E-state index in [2.05, 4.69) is 4.98 Å². The zero-order valence-corrected chi connectivity index (χ0v) is 13.5. The lowest BCUT2D eigenvalue weighted by atomic mass is 10.0. The van der Waals surface area contributed by atoms with Crippen molar-refractivity contribution in [2.45, 2.75) is 13.3 Å². The van der Waals surface area contributed by atoms with E-state index < -0.39 is 0 Å². The minimum atomic E-state index is -0.354. The van der Waals surface area contributed by atoms with E-state index in [1.807, 2.05) is 0 Å². The highest BCUT2D eigenvalue weighted by atomic mass is 35.5. The lowest BCUT2D eigenvalue weighted by molar-refractivity contribution is 0.0993. The van der Waals surface area contributed by atoms with Gasteiger partial charge in [-0.15, -0.1) is 0 Å². The van der Waals surface area contributed by atoms with Crippen molar-refractivity contribution in [1.82, 2.24) is 4.98 Å². The van der Waals surface area contributed by atoms with Crippen molar-refractivity contribution < 1.29 is 13.9 Å². The second kappa shape index (κ2) is 6.05. The van der Waals surface area contributed by atoms with Gasteiger partial charge in [0.2, 0.25) is 0 Å². The Morgan fingerprint density at radius 2 is 2.09 bits per heavy atom. The molecule has 0 amide bonds. The summed E-state index contributed by atoms with van der Waals surface area (Å²) in [5.41, 5.74) is 2.75. The largest absolute Gasteiger partial charge is 0.496 e. The predicted molar refractivity (Wildman–Crippen MR) is 89.0 cm³/mol. The van der Waals surface area contributed by atoms with Gasteiger partial charge in [-0.05, 0) is 36.8 Å². The number of methoxy groups -OCH3 is 1. The monoisotopic (exact) mass is 331 g/mol. The third kappa shape index (κ3) is 2.94. The highest BCUT2D eigenvalue weighted by Gasteiger charge is 2.16. The zero-order chi connectivity index (χ0) is 16.6. The van der Waals surface area contributed by atoms with Gasteiger partial charge in [0, 0.05) is 39.7 Å². The molecule has 0 atom stereocenters. The summed E-state index contributed by atoms with van der Waals surface area (Å²) in [5.74, 6) is 0.0997. The molecular formula is C18H15ClFNO2. The standard InChI is InChI=1S/C18H15ClFNO2/c1-10-5-13(20)8-14-15(9-21-18(10)14)16(22)6-11-3-4-12(19)7-17(11)23-2/h3-5,7-9,21H,6H2,1-2H3. The Morgan fingerprint density at radius 3 is 2.83 bits per heavy atom. The molecule has 0 radical (unpaired) electrons. The van der Waals surface area contributed by atoms with E-state index in [0.29, 0.717) is 21.7 Å². The number of nitrogens with one attached hydrogen (secondary N) is 1. The summed E-state index contributed by atoms with van der Waals surface area (Å²) in [6, 6.07) is 7.97. The van der Waals surface area contributed by atoms with Gasteiger partial charge >= 0.3 is 0 Å². The van der Waals surface area contributed by atoms with Crippen molar-refractivity contribution in [2.75, 3.05) is 7.11 Å². The molecule has 0 bridgehead atoms. The van der Waals surface area contributed by atoms with E-state index in [0.717, 1.165) is 16.6 Å². The maximum atomic E-state index is 13.6. The van der Waals surface area contributed by atoms with Gasteiger partial charge in [0.15, 0.2) is 5.78 Å². The number of benzene rings is 2. The van der Waals surface area contributed by atoms with E-state index in [9.17, 15) is 9.18 Å². The van der Waals surface area contributed by atoms with E-state index >= 15 is 0 Å². The fourth-order valence-electron chi connectivity index (χ4n) is 2.73. The van der Waals surface area contributed by atoms with Crippen LogP contribution in [0.15, 0.2) is 36.5 Å². The van der Waals surface area contributed by atoms with E-state index in [1.165, 1.54) is 19.2 Å². The molecule has 0 aliphatic carbocycles. The van der Waals surface area contributed by atoms with Crippen LogP contribution in [0.3, 0.4) is 0 Å². The molecule has 0 unspecified atom stereocenters. The van der Waals surface area contributed by atoms with Gasteiger partial charge in [0.1, 0.15) is 11.6 Å². The number of halogens is 2. The summed E-state index contributed by atoms with van der Waals surface area (Å²) >= 11 is 5.93. The van der Waals surface area contributed by atoms with Crippen LogP contribution in [-0.2, 0) is 6.42 Å². The number of carbonyl (C=O) groups is 1. The molecule has 118 valence electrons. The van der Waals surface area contributed by atoms with Crippen LogP contribution in [0, 0.1) is 12.7 Å². The summed E-state index contributed by atoms with van der Waals surface area (Å²) in [6.07, 6.45) is 1.78. The summed E-state index contributed by atoms with van der Waals surface area (Å²) < 4.78 is 18.9. The second-order valence-corrected chi connectivity index (χ2v) is 5.84.